The van der Waals surface area contributed by atoms with Gasteiger partial charge in [-0.1, -0.05) is 0 Å². The van der Waals surface area contributed by atoms with Crippen LogP contribution < -0.4 is 11.1 Å². The zero-order chi connectivity index (χ0) is 10.8. The minimum absolute atomic E-state index is 0.0876. The quantitative estimate of drug-likeness (QED) is 0.510. The predicted octanol–water partition coefficient (Wildman–Crippen LogP) is 0.589. The van der Waals surface area contributed by atoms with E-state index in [0.29, 0.717) is 5.69 Å². The van der Waals surface area contributed by atoms with Gasteiger partial charge in [0.1, 0.15) is 0 Å². The Balaban J connectivity index is 2.95. The molecule has 0 radical (unpaired) electrons. The summed E-state index contributed by atoms with van der Waals surface area (Å²) in [5.41, 5.74) is 5.76. The normalized spacial score (nSPS) is 10.9. The average Bonchev–Trinajstić information content (AvgIpc) is 2.02. The third-order valence-electron chi connectivity index (χ3n) is 1.42. The second-order valence-corrected chi connectivity index (χ2v) is 4.35. The Labute approximate surface area is 86.7 Å². The minimum Gasteiger partial charge on any atom is -0.376 e. The van der Waals surface area contributed by atoms with Gasteiger partial charge in [0.15, 0.2) is 5.11 Å². The van der Waals surface area contributed by atoms with Crippen molar-refractivity contribution in [3.63, 3.8) is 0 Å². The van der Waals surface area contributed by atoms with E-state index in [0.717, 1.165) is 0 Å². The van der Waals surface area contributed by atoms with Gasteiger partial charge in [-0.2, -0.15) is 8.42 Å². The third-order valence-corrected chi connectivity index (χ3v) is 2.39. The number of rotatable bonds is 2. The summed E-state index contributed by atoms with van der Waals surface area (Å²) >= 11 is 4.58. The lowest BCUT2D eigenvalue weighted by atomic mass is 10.3. The molecule has 0 aromatic heterocycles. The van der Waals surface area contributed by atoms with E-state index in [1.54, 1.807) is 0 Å². The molecule has 0 aliphatic carbocycles. The van der Waals surface area contributed by atoms with Crippen LogP contribution in [-0.2, 0) is 10.1 Å². The van der Waals surface area contributed by atoms with Crippen LogP contribution in [0.4, 0.5) is 5.69 Å². The first kappa shape index (κ1) is 10.9. The van der Waals surface area contributed by atoms with Crippen LogP contribution in [0.15, 0.2) is 29.2 Å². The van der Waals surface area contributed by atoms with E-state index in [1.165, 1.54) is 24.3 Å². The number of benzene rings is 1. The van der Waals surface area contributed by atoms with Gasteiger partial charge in [0, 0.05) is 5.69 Å². The van der Waals surface area contributed by atoms with Crippen molar-refractivity contribution in [1.82, 2.24) is 0 Å². The Morgan fingerprint density at radius 3 is 2.21 bits per heavy atom. The molecule has 0 spiro atoms. The molecule has 0 fully saturated rings. The van der Waals surface area contributed by atoms with Crippen LogP contribution in [0.3, 0.4) is 0 Å². The van der Waals surface area contributed by atoms with Crippen molar-refractivity contribution in [3.8, 4) is 0 Å². The molecule has 14 heavy (non-hydrogen) atoms. The van der Waals surface area contributed by atoms with E-state index < -0.39 is 10.1 Å². The molecule has 0 saturated heterocycles. The predicted molar refractivity (Wildman–Crippen MR) is 56.7 cm³/mol. The average molecular weight is 232 g/mol. The third kappa shape index (κ3) is 2.95. The number of nitrogens with one attached hydrogen (secondary N) is 1. The summed E-state index contributed by atoms with van der Waals surface area (Å²) in [6, 6.07) is 5.39. The summed E-state index contributed by atoms with van der Waals surface area (Å²) < 4.78 is 30.0. The first-order valence-corrected chi connectivity index (χ1v) is 5.38. The topological polar surface area (TPSA) is 92.4 Å². The van der Waals surface area contributed by atoms with Gasteiger partial charge in [0.2, 0.25) is 0 Å². The van der Waals surface area contributed by atoms with Gasteiger partial charge >= 0.3 is 0 Å². The highest BCUT2D eigenvalue weighted by Crippen LogP contribution is 2.13. The monoisotopic (exact) mass is 232 g/mol. The number of thiocarbonyl (C=S) groups is 1. The van der Waals surface area contributed by atoms with Crippen LogP contribution in [0.5, 0.6) is 0 Å². The minimum atomic E-state index is -4.14. The lowest BCUT2D eigenvalue weighted by Crippen LogP contribution is -2.18. The van der Waals surface area contributed by atoms with Crippen molar-refractivity contribution in [1.29, 1.82) is 0 Å². The van der Waals surface area contributed by atoms with Gasteiger partial charge in [-0.15, -0.1) is 0 Å². The highest BCUT2D eigenvalue weighted by atomic mass is 32.2. The van der Waals surface area contributed by atoms with E-state index in [1.807, 2.05) is 0 Å². The Kier molecular flexibility index (Phi) is 3.04. The van der Waals surface area contributed by atoms with Gasteiger partial charge in [0.05, 0.1) is 4.90 Å². The smallest absolute Gasteiger partial charge is 0.294 e. The summed E-state index contributed by atoms with van der Waals surface area (Å²) in [5, 5.41) is 2.70. The van der Waals surface area contributed by atoms with E-state index >= 15 is 0 Å². The number of anilines is 1. The first-order chi connectivity index (χ1) is 6.39. The van der Waals surface area contributed by atoms with Crippen LogP contribution >= 0.6 is 12.2 Å². The first-order valence-electron chi connectivity index (χ1n) is 3.53. The number of hydrogen-bond acceptors (Lipinski definition) is 3. The SMILES string of the molecule is NC(=S)Nc1ccc(S(=O)(=O)O)cc1. The van der Waals surface area contributed by atoms with E-state index in [2.05, 4.69) is 17.5 Å². The van der Waals surface area contributed by atoms with E-state index in [4.69, 9.17) is 10.3 Å². The molecule has 0 heterocycles. The van der Waals surface area contributed by atoms with Crippen LogP contribution in [0.2, 0.25) is 0 Å². The molecule has 76 valence electrons. The summed E-state index contributed by atoms with van der Waals surface area (Å²) in [7, 11) is -4.14. The summed E-state index contributed by atoms with van der Waals surface area (Å²) in [4.78, 5) is -0.175. The molecule has 0 unspecified atom stereocenters. The highest BCUT2D eigenvalue weighted by molar-refractivity contribution is 7.85. The Hall–Kier alpha value is -1.18. The lowest BCUT2D eigenvalue weighted by molar-refractivity contribution is 0.483. The van der Waals surface area contributed by atoms with Crippen molar-refractivity contribution in [3.05, 3.63) is 24.3 Å². The molecule has 5 nitrogen and oxygen atoms in total. The van der Waals surface area contributed by atoms with Crippen molar-refractivity contribution in [2.24, 2.45) is 5.73 Å². The lowest BCUT2D eigenvalue weighted by Gasteiger charge is -2.03. The molecule has 0 amide bonds. The maximum absolute atomic E-state index is 10.7. The van der Waals surface area contributed by atoms with Crippen LogP contribution in [0, 0.1) is 0 Å². The number of hydrogen-bond donors (Lipinski definition) is 3. The number of nitrogens with two attached hydrogens (primary N) is 1. The van der Waals surface area contributed by atoms with E-state index in [-0.39, 0.29) is 10.0 Å². The van der Waals surface area contributed by atoms with Crippen molar-refractivity contribution < 1.29 is 13.0 Å². The van der Waals surface area contributed by atoms with Gasteiger partial charge in [0.25, 0.3) is 10.1 Å². The van der Waals surface area contributed by atoms with Gasteiger partial charge in [-0.05, 0) is 36.5 Å². The van der Waals surface area contributed by atoms with Gasteiger partial charge < -0.3 is 11.1 Å². The second-order valence-electron chi connectivity index (χ2n) is 2.49. The zero-order valence-corrected chi connectivity index (χ0v) is 8.60. The maximum atomic E-state index is 10.7. The highest BCUT2D eigenvalue weighted by Gasteiger charge is 2.07. The standard InChI is InChI=1S/C7H8N2O3S2/c8-7(13)9-5-1-3-6(4-2-5)14(10,11)12/h1-4H,(H3,8,9,13)(H,10,11,12). The zero-order valence-electron chi connectivity index (χ0n) is 6.97. The maximum Gasteiger partial charge on any atom is 0.294 e. The summed E-state index contributed by atoms with van der Waals surface area (Å²) in [6.45, 7) is 0. The second kappa shape index (κ2) is 3.91. The molecule has 0 saturated carbocycles. The van der Waals surface area contributed by atoms with Crippen LogP contribution in [-0.4, -0.2) is 18.1 Å². The summed E-state index contributed by atoms with van der Waals surface area (Å²) in [5.74, 6) is 0. The molecule has 1 aromatic rings. The molecular formula is C7H8N2O3S2. The van der Waals surface area contributed by atoms with Gasteiger partial charge in [-0.3, -0.25) is 4.55 Å². The Morgan fingerprint density at radius 2 is 1.86 bits per heavy atom. The largest absolute Gasteiger partial charge is 0.376 e. The fraction of sp³-hybridized carbons (Fsp3) is 0. The van der Waals surface area contributed by atoms with Crippen LogP contribution in [0.25, 0.3) is 0 Å². The molecule has 0 bridgehead atoms. The van der Waals surface area contributed by atoms with Crippen molar-refractivity contribution in [2.45, 2.75) is 4.90 Å². The van der Waals surface area contributed by atoms with Gasteiger partial charge in [-0.25, -0.2) is 0 Å². The molecule has 1 rings (SSSR count). The summed E-state index contributed by atoms with van der Waals surface area (Å²) in [6.07, 6.45) is 0. The van der Waals surface area contributed by atoms with Crippen molar-refractivity contribution >= 4 is 33.1 Å². The fourth-order valence-corrected chi connectivity index (χ4v) is 1.45. The molecular weight excluding hydrogens is 224 g/mol. The molecule has 7 heteroatoms. The fourth-order valence-electron chi connectivity index (χ4n) is 0.852. The Bertz CT molecular complexity index is 439. The molecule has 1 aromatic carbocycles. The van der Waals surface area contributed by atoms with Crippen LogP contribution in [0.1, 0.15) is 0 Å². The molecule has 0 aliphatic heterocycles. The molecule has 0 atom stereocenters. The molecule has 4 N–H and O–H groups in total. The molecule has 0 aliphatic rings. The Morgan fingerprint density at radius 1 is 1.36 bits per heavy atom. The van der Waals surface area contributed by atoms with Crippen molar-refractivity contribution in [2.75, 3.05) is 5.32 Å². The van der Waals surface area contributed by atoms with E-state index in [9.17, 15) is 8.42 Å².